The zero-order chi connectivity index (χ0) is 10.4. The van der Waals surface area contributed by atoms with Gasteiger partial charge >= 0.3 is 0 Å². The molecule has 3 heteroatoms. The van der Waals surface area contributed by atoms with Gasteiger partial charge in [0.15, 0.2) is 11.8 Å². The van der Waals surface area contributed by atoms with E-state index in [1.165, 1.54) is 0 Å². The molecular weight excluding hydrogens is 190 g/mol. The molecule has 15 heavy (non-hydrogen) atoms. The third kappa shape index (κ3) is 1.06. The molecule has 0 aromatic carbocycles. The largest absolute Gasteiger partial charge is 0.494 e. The number of hydrogen-bond donors (Lipinski definition) is 3. The Morgan fingerprint density at radius 2 is 1.80 bits per heavy atom. The first-order valence-electron chi connectivity index (χ1n) is 4.94. The molecule has 0 aliphatic heterocycles. The standard InChI is InChI=1S/C12H11NO2/c14-11-9-6-5-7-3-1-2-4-8(7)10(9)12(15)13-11/h1-8,13-15H. The highest BCUT2D eigenvalue weighted by Crippen LogP contribution is 2.45. The minimum absolute atomic E-state index is 0.0418. The third-order valence-electron chi connectivity index (χ3n) is 3.03. The van der Waals surface area contributed by atoms with Gasteiger partial charge in [0.05, 0.1) is 0 Å². The molecule has 3 nitrogen and oxygen atoms in total. The van der Waals surface area contributed by atoms with Crippen molar-refractivity contribution in [1.82, 2.24) is 4.98 Å². The van der Waals surface area contributed by atoms with Crippen molar-refractivity contribution in [1.29, 1.82) is 0 Å². The predicted molar refractivity (Wildman–Crippen MR) is 57.7 cm³/mol. The van der Waals surface area contributed by atoms with Crippen LogP contribution in [0.1, 0.15) is 17.0 Å². The molecule has 0 radical (unpaired) electrons. The smallest absolute Gasteiger partial charge is 0.198 e. The molecule has 2 unspecified atom stereocenters. The molecule has 2 atom stereocenters. The lowest BCUT2D eigenvalue weighted by Gasteiger charge is -2.24. The Balaban J connectivity index is 2.21. The van der Waals surface area contributed by atoms with Gasteiger partial charge in [-0.1, -0.05) is 36.5 Å². The van der Waals surface area contributed by atoms with Crippen molar-refractivity contribution < 1.29 is 10.2 Å². The van der Waals surface area contributed by atoms with Crippen LogP contribution in [0.15, 0.2) is 30.4 Å². The molecule has 0 amide bonds. The molecule has 76 valence electrons. The number of aromatic amines is 1. The summed E-state index contributed by atoms with van der Waals surface area (Å²) in [6.45, 7) is 0. The van der Waals surface area contributed by atoms with Crippen LogP contribution in [0.25, 0.3) is 6.08 Å². The van der Waals surface area contributed by atoms with Gasteiger partial charge in [0, 0.05) is 23.0 Å². The first kappa shape index (κ1) is 8.41. The maximum absolute atomic E-state index is 9.71. The molecule has 3 rings (SSSR count). The summed E-state index contributed by atoms with van der Waals surface area (Å²) in [6, 6.07) is 0. The van der Waals surface area contributed by atoms with Crippen LogP contribution in [0.5, 0.6) is 11.8 Å². The number of hydrogen-bond acceptors (Lipinski definition) is 2. The minimum atomic E-state index is 0.0418. The predicted octanol–water partition coefficient (Wildman–Crippen LogP) is 2.28. The number of aromatic nitrogens is 1. The van der Waals surface area contributed by atoms with E-state index in [2.05, 4.69) is 11.1 Å². The van der Waals surface area contributed by atoms with Gasteiger partial charge in [-0.05, 0) is 0 Å². The fourth-order valence-electron chi connectivity index (χ4n) is 2.31. The molecule has 0 saturated carbocycles. The van der Waals surface area contributed by atoms with Crippen LogP contribution in [-0.2, 0) is 0 Å². The van der Waals surface area contributed by atoms with Crippen LogP contribution in [0.2, 0.25) is 0 Å². The Morgan fingerprint density at radius 1 is 1.00 bits per heavy atom. The van der Waals surface area contributed by atoms with E-state index in [9.17, 15) is 10.2 Å². The normalized spacial score (nSPS) is 26.4. The van der Waals surface area contributed by atoms with Gasteiger partial charge in [0.2, 0.25) is 0 Å². The van der Waals surface area contributed by atoms with E-state index >= 15 is 0 Å². The second-order valence-corrected chi connectivity index (χ2v) is 3.88. The zero-order valence-electron chi connectivity index (χ0n) is 8.01. The lowest BCUT2D eigenvalue weighted by Crippen LogP contribution is -2.12. The highest BCUT2D eigenvalue weighted by molar-refractivity contribution is 5.68. The van der Waals surface area contributed by atoms with Crippen LogP contribution in [0.3, 0.4) is 0 Å². The molecule has 0 spiro atoms. The summed E-state index contributed by atoms with van der Waals surface area (Å²) >= 11 is 0. The van der Waals surface area contributed by atoms with Crippen LogP contribution in [0.4, 0.5) is 0 Å². The Hall–Kier alpha value is -1.90. The van der Waals surface area contributed by atoms with E-state index in [1.54, 1.807) is 0 Å². The third-order valence-corrected chi connectivity index (χ3v) is 3.03. The quantitative estimate of drug-likeness (QED) is 0.603. The number of nitrogens with one attached hydrogen (secondary N) is 1. The average molecular weight is 201 g/mol. The van der Waals surface area contributed by atoms with E-state index in [0.29, 0.717) is 5.56 Å². The maximum Gasteiger partial charge on any atom is 0.198 e. The fraction of sp³-hybridized carbons (Fsp3) is 0.167. The zero-order valence-corrected chi connectivity index (χ0v) is 8.01. The van der Waals surface area contributed by atoms with E-state index in [1.807, 2.05) is 30.4 Å². The molecule has 1 aromatic heterocycles. The van der Waals surface area contributed by atoms with Gasteiger partial charge in [-0.25, -0.2) is 0 Å². The van der Waals surface area contributed by atoms with Crippen molar-refractivity contribution in [3.8, 4) is 11.8 Å². The Bertz CT molecular complexity index is 494. The van der Waals surface area contributed by atoms with Gasteiger partial charge in [-0.3, -0.25) is 4.98 Å². The topological polar surface area (TPSA) is 56.2 Å². The summed E-state index contributed by atoms with van der Waals surface area (Å²) in [7, 11) is 0. The van der Waals surface area contributed by atoms with E-state index in [0.717, 1.165) is 5.56 Å². The highest BCUT2D eigenvalue weighted by Gasteiger charge is 2.29. The SMILES string of the molecule is Oc1[nH]c(O)c2c1C=CC1C=CC=CC21. The summed E-state index contributed by atoms with van der Waals surface area (Å²) in [5.41, 5.74) is 1.49. The first-order valence-corrected chi connectivity index (χ1v) is 4.94. The molecule has 2 aliphatic carbocycles. The highest BCUT2D eigenvalue weighted by atomic mass is 16.3. The number of allylic oxidation sites excluding steroid dienone is 5. The fourth-order valence-corrected chi connectivity index (χ4v) is 2.31. The second kappa shape index (κ2) is 2.79. The summed E-state index contributed by atoms with van der Waals surface area (Å²) in [5, 5.41) is 19.3. The maximum atomic E-state index is 9.71. The Labute approximate surface area is 87.1 Å². The molecule has 1 heterocycles. The molecule has 0 fully saturated rings. The number of rotatable bonds is 0. The average Bonchev–Trinajstić information content (AvgIpc) is 2.55. The minimum Gasteiger partial charge on any atom is -0.494 e. The van der Waals surface area contributed by atoms with E-state index < -0.39 is 0 Å². The monoisotopic (exact) mass is 201 g/mol. The molecular formula is C12H11NO2. The van der Waals surface area contributed by atoms with Gasteiger partial charge in [0.1, 0.15) is 0 Å². The molecule has 0 bridgehead atoms. The van der Waals surface area contributed by atoms with Crippen LogP contribution in [-0.4, -0.2) is 15.2 Å². The van der Waals surface area contributed by atoms with Gasteiger partial charge in [-0.15, -0.1) is 0 Å². The van der Waals surface area contributed by atoms with Crippen molar-refractivity contribution >= 4 is 6.08 Å². The van der Waals surface area contributed by atoms with Crippen molar-refractivity contribution in [3.63, 3.8) is 0 Å². The number of H-pyrrole nitrogens is 1. The molecule has 3 N–H and O–H groups in total. The summed E-state index contributed by atoms with van der Waals surface area (Å²) < 4.78 is 0. The summed E-state index contributed by atoms with van der Waals surface area (Å²) in [4.78, 5) is 2.55. The number of fused-ring (bicyclic) bond motifs is 3. The lowest BCUT2D eigenvalue weighted by molar-refractivity contribution is 0.421. The molecule has 2 aliphatic rings. The van der Waals surface area contributed by atoms with Crippen molar-refractivity contribution in [3.05, 3.63) is 41.5 Å². The van der Waals surface area contributed by atoms with Crippen LogP contribution in [0, 0.1) is 5.92 Å². The van der Waals surface area contributed by atoms with Crippen molar-refractivity contribution in [2.75, 3.05) is 0 Å². The van der Waals surface area contributed by atoms with Crippen molar-refractivity contribution in [2.24, 2.45) is 5.92 Å². The summed E-state index contributed by atoms with van der Waals surface area (Å²) in [5.74, 6) is 0.526. The van der Waals surface area contributed by atoms with Gasteiger partial charge in [-0.2, -0.15) is 0 Å². The summed E-state index contributed by atoms with van der Waals surface area (Å²) in [6.07, 6.45) is 12.0. The number of aromatic hydroxyl groups is 2. The van der Waals surface area contributed by atoms with Gasteiger partial charge < -0.3 is 10.2 Å². The van der Waals surface area contributed by atoms with Crippen LogP contribution >= 0.6 is 0 Å². The van der Waals surface area contributed by atoms with Crippen molar-refractivity contribution in [2.45, 2.75) is 5.92 Å². The van der Waals surface area contributed by atoms with Crippen LogP contribution < -0.4 is 0 Å². The molecule has 1 aromatic rings. The van der Waals surface area contributed by atoms with E-state index in [-0.39, 0.29) is 23.6 Å². The molecule has 0 saturated heterocycles. The second-order valence-electron chi connectivity index (χ2n) is 3.88. The van der Waals surface area contributed by atoms with E-state index in [4.69, 9.17) is 0 Å². The Kier molecular flexibility index (Phi) is 1.57. The van der Waals surface area contributed by atoms with Gasteiger partial charge in [0.25, 0.3) is 0 Å². The first-order chi connectivity index (χ1) is 7.27. The lowest BCUT2D eigenvalue weighted by atomic mass is 9.78. The Morgan fingerprint density at radius 3 is 2.67 bits per heavy atom.